The number of nitrogens with zero attached hydrogens (tertiary/aromatic N) is 2. The van der Waals surface area contributed by atoms with E-state index in [2.05, 4.69) is 13.2 Å². The first-order valence-electron chi connectivity index (χ1n) is 2.86. The molecule has 0 saturated heterocycles. The van der Waals surface area contributed by atoms with Gasteiger partial charge in [0.05, 0.1) is 5.57 Å². The summed E-state index contributed by atoms with van der Waals surface area (Å²) in [5.74, 6) is -1.02. The summed E-state index contributed by atoms with van der Waals surface area (Å²) in [5.41, 5.74) is 0.0278. The van der Waals surface area contributed by atoms with E-state index in [9.17, 15) is 4.79 Å². The number of carboxylic acid groups (broad SMARTS) is 1. The maximum absolute atomic E-state index is 9.76. The number of rotatable bonds is 2. The summed E-state index contributed by atoms with van der Waals surface area (Å²) in [4.78, 5) is 26.5. The molecule has 0 bridgehead atoms. The molecule has 0 aliphatic carbocycles. The highest BCUT2D eigenvalue weighted by atomic mass is 16.9. The molecule has 3 N–H and O–H groups in total. The third-order valence-electron chi connectivity index (χ3n) is 0.521. The Morgan fingerprint density at radius 1 is 1.20 bits per heavy atom. The summed E-state index contributed by atoms with van der Waals surface area (Å²) >= 11 is 0. The van der Waals surface area contributed by atoms with Gasteiger partial charge in [-0.05, 0) is 0 Å². The summed E-state index contributed by atoms with van der Waals surface area (Å²) in [6.07, 6.45) is 1.20. The average Bonchev–Trinajstić information content (AvgIpc) is 2.00. The van der Waals surface area contributed by atoms with Crippen molar-refractivity contribution in [2.75, 3.05) is 0 Å². The van der Waals surface area contributed by atoms with Crippen LogP contribution in [0, 0.1) is 20.2 Å². The third kappa shape index (κ3) is 88.4. The molecule has 0 aliphatic rings. The summed E-state index contributed by atoms with van der Waals surface area (Å²) in [6, 6.07) is 0. The molecule has 0 aliphatic heterocycles. The average molecular weight is 224 g/mol. The van der Waals surface area contributed by atoms with Crippen molar-refractivity contribution in [1.29, 1.82) is 0 Å². The van der Waals surface area contributed by atoms with E-state index in [0.29, 0.717) is 0 Å². The Bertz CT molecular complexity index is 240. The van der Waals surface area contributed by atoms with E-state index in [1.807, 2.05) is 0 Å². The summed E-state index contributed by atoms with van der Waals surface area (Å²) < 4.78 is 0. The Labute approximate surface area is 82.6 Å². The zero-order chi connectivity index (χ0) is 13.0. The second kappa shape index (κ2) is 11.4. The van der Waals surface area contributed by atoms with Crippen molar-refractivity contribution >= 4 is 5.97 Å². The van der Waals surface area contributed by atoms with E-state index in [1.54, 1.807) is 0 Å². The van der Waals surface area contributed by atoms with Crippen LogP contribution >= 0.6 is 0 Å². The number of carboxylic acids is 1. The molecule has 0 fully saturated rings. The maximum Gasteiger partial charge on any atom is 0.335 e. The van der Waals surface area contributed by atoms with Crippen molar-refractivity contribution in [3.63, 3.8) is 0 Å². The van der Waals surface area contributed by atoms with Crippen LogP contribution in [0.3, 0.4) is 0 Å². The molecule has 10 nitrogen and oxygen atoms in total. The van der Waals surface area contributed by atoms with Gasteiger partial charge in [0, 0.05) is 0 Å². The van der Waals surface area contributed by atoms with E-state index in [0.717, 1.165) is 0 Å². The second-order valence-electron chi connectivity index (χ2n) is 1.51. The van der Waals surface area contributed by atoms with Gasteiger partial charge in [0.25, 0.3) is 10.2 Å². The largest absolute Gasteiger partial charge is 0.478 e. The van der Waals surface area contributed by atoms with Crippen molar-refractivity contribution in [3.8, 4) is 0 Å². The number of hydrogen-bond donors (Lipinski definition) is 3. The van der Waals surface area contributed by atoms with Crippen LogP contribution < -0.4 is 0 Å². The predicted octanol–water partition coefficient (Wildman–Crippen LogP) is 0.118. The second-order valence-corrected chi connectivity index (χ2v) is 1.51. The fourth-order valence-corrected chi connectivity index (χ4v) is 0.0873. The van der Waals surface area contributed by atoms with Crippen LogP contribution in [0.2, 0.25) is 0 Å². The number of hydrogen-bond acceptors (Lipinski definition) is 5. The van der Waals surface area contributed by atoms with E-state index in [1.165, 1.54) is 6.08 Å². The Morgan fingerprint density at radius 2 is 1.40 bits per heavy atom. The molecule has 0 rings (SSSR count). The minimum absolute atomic E-state index is 0.0278. The molecule has 15 heavy (non-hydrogen) atoms. The van der Waals surface area contributed by atoms with Gasteiger partial charge >= 0.3 is 5.97 Å². The lowest BCUT2D eigenvalue weighted by Gasteiger charge is -1.82. The molecule has 0 aromatic carbocycles. The fourth-order valence-electron chi connectivity index (χ4n) is 0.0873. The Kier molecular flexibility index (Phi) is 13.8. The molecule has 0 aromatic rings. The van der Waals surface area contributed by atoms with Crippen LogP contribution in [0.1, 0.15) is 0 Å². The quantitative estimate of drug-likeness (QED) is 0.257. The summed E-state index contributed by atoms with van der Waals surface area (Å²) in [6.45, 7) is 6.36. The third-order valence-corrected chi connectivity index (χ3v) is 0.521. The molecular formula is C5H8N2O8. The maximum atomic E-state index is 9.76. The first-order chi connectivity index (χ1) is 6.64. The monoisotopic (exact) mass is 224 g/mol. The van der Waals surface area contributed by atoms with E-state index >= 15 is 0 Å². The van der Waals surface area contributed by atoms with Gasteiger partial charge in [0.2, 0.25) is 0 Å². The molecular weight excluding hydrogens is 216 g/mol. The topological polar surface area (TPSA) is 164 Å². The van der Waals surface area contributed by atoms with Crippen LogP contribution in [0.25, 0.3) is 0 Å². The molecule has 10 heteroatoms. The van der Waals surface area contributed by atoms with E-state index < -0.39 is 16.1 Å². The van der Waals surface area contributed by atoms with Gasteiger partial charge in [-0.3, -0.25) is 0 Å². The fraction of sp³-hybridized carbons (Fsp3) is 0. The van der Waals surface area contributed by atoms with E-state index in [4.69, 9.17) is 35.7 Å². The molecule has 0 saturated carbocycles. The normalized spacial score (nSPS) is 6.67. The lowest BCUT2D eigenvalue weighted by molar-refractivity contribution is -0.742. The molecule has 0 radical (unpaired) electrons. The highest BCUT2D eigenvalue weighted by Crippen LogP contribution is 1.86. The minimum Gasteiger partial charge on any atom is -0.478 e. The Hall–Kier alpha value is -2.65. The van der Waals surface area contributed by atoms with Gasteiger partial charge in [0.1, 0.15) is 0 Å². The first-order valence-corrected chi connectivity index (χ1v) is 2.86. The highest BCUT2D eigenvalue weighted by molar-refractivity contribution is 5.88. The smallest absolute Gasteiger partial charge is 0.335 e. The predicted molar refractivity (Wildman–Crippen MR) is 44.5 cm³/mol. The number of carbonyl (C=O) groups is 1. The Morgan fingerprint density at radius 3 is 1.40 bits per heavy atom. The van der Waals surface area contributed by atoms with Gasteiger partial charge < -0.3 is 15.5 Å². The first kappa shape index (κ1) is 18.2. The van der Waals surface area contributed by atoms with Crippen LogP contribution in [0.15, 0.2) is 24.8 Å². The lowest BCUT2D eigenvalue weighted by Crippen LogP contribution is -1.93. The van der Waals surface area contributed by atoms with Crippen LogP contribution in [0.4, 0.5) is 0 Å². The van der Waals surface area contributed by atoms with Gasteiger partial charge in [-0.2, -0.15) is 0 Å². The van der Waals surface area contributed by atoms with Crippen molar-refractivity contribution < 1.29 is 30.5 Å². The van der Waals surface area contributed by atoms with Crippen molar-refractivity contribution in [3.05, 3.63) is 45.0 Å². The van der Waals surface area contributed by atoms with Crippen LogP contribution in [-0.2, 0) is 4.79 Å². The SMILES string of the molecule is C=CC(=C)C(=O)O.O=[N+]([O-])O.O=[N+]([O-])O. The van der Waals surface area contributed by atoms with Crippen molar-refractivity contribution in [2.45, 2.75) is 0 Å². The number of aliphatic carboxylic acids is 1. The molecule has 0 aromatic heterocycles. The highest BCUT2D eigenvalue weighted by Gasteiger charge is 1.93. The van der Waals surface area contributed by atoms with Gasteiger partial charge in [0.15, 0.2) is 0 Å². The lowest BCUT2D eigenvalue weighted by atomic mass is 10.3. The van der Waals surface area contributed by atoms with Gasteiger partial charge in [-0.15, -0.1) is 20.2 Å². The van der Waals surface area contributed by atoms with Crippen molar-refractivity contribution in [2.24, 2.45) is 0 Å². The van der Waals surface area contributed by atoms with Gasteiger partial charge in [-0.25, -0.2) is 4.79 Å². The Balaban J connectivity index is -0.000000155. The molecule has 0 spiro atoms. The van der Waals surface area contributed by atoms with Gasteiger partial charge in [-0.1, -0.05) is 19.2 Å². The zero-order valence-corrected chi connectivity index (χ0v) is 7.27. The standard InChI is InChI=1S/C5H6O2.2HNO3/c1-3-4(2)5(6)7;2*2-1(3)4/h3H,1-2H2,(H,6,7);2*(H,2,3,4). The van der Waals surface area contributed by atoms with Crippen LogP contribution in [0.5, 0.6) is 0 Å². The molecule has 86 valence electrons. The summed E-state index contributed by atoms with van der Waals surface area (Å²) in [5, 5.41) is 35.3. The molecule has 0 amide bonds. The molecule has 0 heterocycles. The van der Waals surface area contributed by atoms with Crippen LogP contribution in [-0.4, -0.2) is 31.7 Å². The minimum atomic E-state index is -1.50. The van der Waals surface area contributed by atoms with E-state index in [-0.39, 0.29) is 5.57 Å². The molecule has 0 unspecified atom stereocenters. The summed E-state index contributed by atoms with van der Waals surface area (Å²) in [7, 11) is 0. The molecule has 0 atom stereocenters. The van der Waals surface area contributed by atoms with Crippen molar-refractivity contribution in [1.82, 2.24) is 0 Å². The zero-order valence-electron chi connectivity index (χ0n) is 7.27.